The van der Waals surface area contributed by atoms with Crippen LogP contribution < -0.4 is 0 Å². The van der Waals surface area contributed by atoms with Gasteiger partial charge in [0.2, 0.25) is 0 Å². The van der Waals surface area contributed by atoms with Crippen molar-refractivity contribution in [3.63, 3.8) is 0 Å². The summed E-state index contributed by atoms with van der Waals surface area (Å²) in [4.78, 5) is 0. The van der Waals surface area contributed by atoms with Gasteiger partial charge in [0.05, 0.1) is 0 Å². The van der Waals surface area contributed by atoms with E-state index in [1.807, 2.05) is 0 Å². The van der Waals surface area contributed by atoms with Crippen molar-refractivity contribution in [1.29, 1.82) is 0 Å². The Bertz CT molecular complexity index is 388. The molecular formula is C21H57LaSi6. The van der Waals surface area contributed by atoms with Crippen LogP contribution in [-0.2, 0) is 0 Å². The number of hydrogen-bond donors (Lipinski definition) is 0. The first-order chi connectivity index (χ1) is 11.7. The van der Waals surface area contributed by atoms with E-state index in [0.717, 1.165) is 0 Å². The number of hydrogen-bond acceptors (Lipinski definition) is 0. The monoisotopic (exact) mass is 616 g/mol. The van der Waals surface area contributed by atoms with Crippen molar-refractivity contribution in [1.82, 2.24) is 0 Å². The molecule has 0 nitrogen and oxygen atoms in total. The third kappa shape index (κ3) is 8.45. The molecule has 0 aromatic rings. The van der Waals surface area contributed by atoms with Crippen LogP contribution in [0.5, 0.6) is 0 Å². The molecule has 0 heterocycles. The SMILES string of the molecule is C[Si](C)(C)[CH]([La]([CH]([Si](C)(C)C)[Si](C)(C)C)[CH]([Si](C)(C)C)[Si](C)(C)C)[Si](C)(C)C. The van der Waals surface area contributed by atoms with Crippen LogP contribution in [0.4, 0.5) is 0 Å². The van der Waals surface area contributed by atoms with Gasteiger partial charge in [0.1, 0.15) is 0 Å². The molecule has 0 fully saturated rings. The Morgan fingerprint density at radius 3 is 0.464 bits per heavy atom. The molecule has 0 spiro atoms. The molecule has 0 unspecified atom stereocenters. The van der Waals surface area contributed by atoms with Crippen molar-refractivity contribution in [2.45, 2.75) is 123 Å². The Kier molecular flexibility index (Phi) is 10.2. The second kappa shape index (κ2) is 9.39. The van der Waals surface area contributed by atoms with Gasteiger partial charge in [-0.1, -0.05) is 0 Å². The summed E-state index contributed by atoms with van der Waals surface area (Å²) in [7, 11) is -7.06. The van der Waals surface area contributed by atoms with E-state index >= 15 is 0 Å². The predicted octanol–water partition coefficient (Wildman–Crippen LogP) is 9.24. The van der Waals surface area contributed by atoms with Gasteiger partial charge in [0, 0.05) is 0 Å². The first kappa shape index (κ1) is 30.5. The van der Waals surface area contributed by atoms with Gasteiger partial charge in [0.25, 0.3) is 0 Å². The van der Waals surface area contributed by atoms with E-state index in [1.165, 1.54) is 4.70 Å². The summed E-state index contributed by atoms with van der Waals surface area (Å²) in [6, 6.07) is 0. The summed E-state index contributed by atoms with van der Waals surface area (Å²) >= 11 is -2.14. The zero-order valence-corrected chi connectivity index (χ0v) is 32.9. The van der Waals surface area contributed by atoms with Crippen LogP contribution in [0.1, 0.15) is 0 Å². The molecule has 28 heavy (non-hydrogen) atoms. The van der Waals surface area contributed by atoms with E-state index in [-0.39, 0.29) is 0 Å². The normalized spacial score (nSPS) is 15.8. The molecule has 0 bridgehead atoms. The third-order valence-electron chi connectivity index (χ3n) is 6.75. The molecule has 0 radical (unpaired) electrons. The summed E-state index contributed by atoms with van der Waals surface area (Å²) in [6.07, 6.45) is 0. The number of rotatable bonds is 9. The Labute approximate surface area is 199 Å². The van der Waals surface area contributed by atoms with Crippen molar-refractivity contribution in [2.24, 2.45) is 0 Å². The Morgan fingerprint density at radius 2 is 0.393 bits per heavy atom. The molecule has 0 N–H and O–H groups in total. The average molecular weight is 617 g/mol. The van der Waals surface area contributed by atoms with E-state index in [9.17, 15) is 0 Å². The molecule has 0 amide bonds. The maximum absolute atomic E-state index is 2.78. The fraction of sp³-hybridized carbons (Fsp3) is 1.00. The molecular weight excluding hydrogens is 560 g/mol. The Morgan fingerprint density at radius 1 is 0.286 bits per heavy atom. The summed E-state index contributed by atoms with van der Waals surface area (Å²) < 4.78 is 3.81. The van der Waals surface area contributed by atoms with Gasteiger partial charge >= 0.3 is 201 Å². The molecule has 0 aliphatic carbocycles. The molecule has 0 aromatic heterocycles. The quantitative estimate of drug-likeness (QED) is 0.227. The van der Waals surface area contributed by atoms with Gasteiger partial charge in [-0.3, -0.25) is 0 Å². The van der Waals surface area contributed by atoms with Crippen molar-refractivity contribution in [3.8, 4) is 0 Å². The topological polar surface area (TPSA) is 0 Å². The van der Waals surface area contributed by atoms with Crippen LogP contribution in [0.3, 0.4) is 0 Å². The van der Waals surface area contributed by atoms with Crippen LogP contribution >= 0.6 is 0 Å². The van der Waals surface area contributed by atoms with E-state index < -0.39 is 78.4 Å². The van der Waals surface area contributed by atoms with Gasteiger partial charge in [-0.25, -0.2) is 0 Å². The molecule has 168 valence electrons. The molecule has 0 saturated heterocycles. The second-order valence-corrected chi connectivity index (χ2v) is 72.5. The molecule has 0 rings (SSSR count). The summed E-state index contributed by atoms with van der Waals surface area (Å²) in [6.45, 7) is 50.0. The van der Waals surface area contributed by atoms with Gasteiger partial charge in [-0.05, 0) is 0 Å². The van der Waals surface area contributed by atoms with Crippen molar-refractivity contribution in [3.05, 3.63) is 0 Å². The van der Waals surface area contributed by atoms with E-state index in [1.54, 1.807) is 0 Å². The Balaban J connectivity index is 7.30. The Hall–Kier alpha value is 2.50. The van der Waals surface area contributed by atoms with Crippen LogP contribution in [0.15, 0.2) is 0 Å². The third-order valence-corrected chi connectivity index (χ3v) is 114. The first-order valence-corrected chi connectivity index (χ1v) is 39.5. The average Bonchev–Trinajstić information content (AvgIpc) is 2.13. The van der Waals surface area contributed by atoms with Gasteiger partial charge in [0.15, 0.2) is 0 Å². The summed E-state index contributed by atoms with van der Waals surface area (Å²) in [5, 5.41) is 0. The fourth-order valence-corrected chi connectivity index (χ4v) is 149. The summed E-state index contributed by atoms with van der Waals surface area (Å²) in [5.74, 6) is 0. The molecule has 0 saturated carbocycles. The van der Waals surface area contributed by atoms with E-state index in [4.69, 9.17) is 0 Å². The minimum atomic E-state index is -2.14. The minimum absolute atomic E-state index is 1.18. The van der Waals surface area contributed by atoms with Gasteiger partial charge < -0.3 is 0 Å². The standard InChI is InChI=1S/3C7H19Si2.La/c3*1-8(2,3)7-9(4,5)6;/h3*7H,1-6H3;. The molecule has 0 aliphatic rings. The van der Waals surface area contributed by atoms with Crippen molar-refractivity contribution < 1.29 is 30.0 Å². The fourth-order valence-electron chi connectivity index (χ4n) is 7.94. The molecule has 7 heteroatoms. The summed E-state index contributed by atoms with van der Waals surface area (Å²) in [5.41, 5.74) is 0. The molecule has 0 aromatic carbocycles. The second-order valence-electron chi connectivity index (χ2n) is 16.2. The van der Waals surface area contributed by atoms with Crippen LogP contribution in [0.25, 0.3) is 0 Å². The van der Waals surface area contributed by atoms with Crippen LogP contribution in [0.2, 0.25) is 123 Å². The zero-order chi connectivity index (χ0) is 23.3. The van der Waals surface area contributed by atoms with Crippen molar-refractivity contribution >= 4 is 48.4 Å². The molecule has 0 atom stereocenters. The van der Waals surface area contributed by atoms with Gasteiger partial charge in [-0.15, -0.1) is 0 Å². The molecule has 0 aliphatic heterocycles. The van der Waals surface area contributed by atoms with Gasteiger partial charge in [-0.2, -0.15) is 0 Å². The van der Waals surface area contributed by atoms with Crippen LogP contribution in [-0.4, -0.2) is 48.4 Å². The predicted molar refractivity (Wildman–Crippen MR) is 151 cm³/mol. The van der Waals surface area contributed by atoms with E-state index in [0.29, 0.717) is 0 Å². The first-order valence-electron chi connectivity index (χ1n) is 11.7. The maximum atomic E-state index is 2.78. The van der Waals surface area contributed by atoms with E-state index in [2.05, 4.69) is 118 Å². The van der Waals surface area contributed by atoms with Crippen molar-refractivity contribution in [2.75, 3.05) is 0 Å². The zero-order valence-electron chi connectivity index (χ0n) is 23.3. The van der Waals surface area contributed by atoms with Crippen LogP contribution in [0, 0.1) is 30.0 Å².